The second-order valence-electron chi connectivity index (χ2n) is 8.60. The van der Waals surface area contributed by atoms with Crippen LogP contribution < -0.4 is 9.47 Å². The Labute approximate surface area is 225 Å². The van der Waals surface area contributed by atoms with Crippen molar-refractivity contribution in [3.05, 3.63) is 112 Å². The molecule has 0 spiro atoms. The largest absolute Gasteiger partial charge is 0.490 e. The fourth-order valence-electron chi connectivity index (χ4n) is 4.30. The van der Waals surface area contributed by atoms with Gasteiger partial charge in [0.2, 0.25) is 0 Å². The molecule has 0 aromatic heterocycles. The van der Waals surface area contributed by atoms with Crippen molar-refractivity contribution in [3.8, 4) is 17.6 Å². The van der Waals surface area contributed by atoms with Gasteiger partial charge in [0.1, 0.15) is 6.61 Å². The Morgan fingerprint density at radius 2 is 1.66 bits per heavy atom. The van der Waals surface area contributed by atoms with E-state index in [1.807, 2.05) is 73.7 Å². The molecule has 0 bridgehead atoms. The van der Waals surface area contributed by atoms with Gasteiger partial charge in [-0.3, -0.25) is 14.5 Å². The summed E-state index contributed by atoms with van der Waals surface area (Å²) < 4.78 is 11.8. The van der Waals surface area contributed by atoms with Crippen molar-refractivity contribution < 1.29 is 19.1 Å². The van der Waals surface area contributed by atoms with Crippen LogP contribution in [0.25, 0.3) is 16.8 Å². The summed E-state index contributed by atoms with van der Waals surface area (Å²) in [5.74, 6) is 0.728. The van der Waals surface area contributed by atoms with Crippen molar-refractivity contribution in [2.75, 3.05) is 6.61 Å². The predicted molar refractivity (Wildman–Crippen MR) is 149 cm³/mol. The minimum atomic E-state index is -0.320. The van der Waals surface area contributed by atoms with Crippen LogP contribution in [0.1, 0.15) is 29.2 Å². The van der Waals surface area contributed by atoms with E-state index in [0.717, 1.165) is 33.7 Å². The number of ether oxygens (including phenoxy) is 2. The zero-order chi connectivity index (χ0) is 26.5. The fraction of sp³-hybridized carbons (Fsp3) is 0.129. The first-order valence-electron chi connectivity index (χ1n) is 12.2. The number of carbonyl (C=O) groups is 2. The van der Waals surface area contributed by atoms with Gasteiger partial charge >= 0.3 is 0 Å². The van der Waals surface area contributed by atoms with Crippen molar-refractivity contribution in [1.29, 1.82) is 5.26 Å². The van der Waals surface area contributed by atoms with Gasteiger partial charge in [-0.2, -0.15) is 5.26 Å². The highest BCUT2D eigenvalue weighted by atomic mass is 32.2. The lowest BCUT2D eigenvalue weighted by molar-refractivity contribution is -0.123. The zero-order valence-electron chi connectivity index (χ0n) is 20.7. The van der Waals surface area contributed by atoms with Gasteiger partial charge in [-0.05, 0) is 64.9 Å². The lowest BCUT2D eigenvalue weighted by Gasteiger charge is -2.14. The minimum absolute atomic E-state index is 0.213. The normalized spacial score (nSPS) is 14.2. The quantitative estimate of drug-likeness (QED) is 0.235. The second-order valence-corrected chi connectivity index (χ2v) is 9.60. The Kier molecular flexibility index (Phi) is 7.43. The first-order chi connectivity index (χ1) is 18.6. The monoisotopic (exact) mass is 520 g/mol. The number of thioether (sulfide) groups is 1. The predicted octanol–water partition coefficient (Wildman–Crippen LogP) is 6.93. The van der Waals surface area contributed by atoms with Crippen molar-refractivity contribution in [1.82, 2.24) is 4.90 Å². The van der Waals surface area contributed by atoms with E-state index in [1.54, 1.807) is 24.3 Å². The highest BCUT2D eigenvalue weighted by molar-refractivity contribution is 8.18. The Balaban J connectivity index is 1.35. The molecule has 4 aromatic rings. The van der Waals surface area contributed by atoms with E-state index in [-0.39, 0.29) is 24.3 Å². The van der Waals surface area contributed by atoms with Crippen LogP contribution in [0.4, 0.5) is 4.79 Å². The highest BCUT2D eigenvalue weighted by Crippen LogP contribution is 2.36. The van der Waals surface area contributed by atoms with Gasteiger partial charge in [-0.15, -0.1) is 0 Å². The summed E-state index contributed by atoms with van der Waals surface area (Å²) >= 11 is 0.932. The summed E-state index contributed by atoms with van der Waals surface area (Å²) in [6.45, 7) is 2.73. The molecule has 0 saturated carbocycles. The van der Waals surface area contributed by atoms with E-state index in [1.165, 1.54) is 4.90 Å². The summed E-state index contributed by atoms with van der Waals surface area (Å²) in [6, 6.07) is 28.6. The molecule has 0 N–H and O–H groups in total. The molecule has 0 unspecified atom stereocenters. The van der Waals surface area contributed by atoms with Gasteiger partial charge in [-0.25, -0.2) is 0 Å². The molecule has 1 aliphatic heterocycles. The second kappa shape index (κ2) is 11.2. The number of hydrogen-bond acceptors (Lipinski definition) is 6. The van der Waals surface area contributed by atoms with Crippen LogP contribution in [-0.4, -0.2) is 22.7 Å². The molecule has 0 aliphatic carbocycles. The number of amides is 2. The van der Waals surface area contributed by atoms with Gasteiger partial charge in [-0.1, -0.05) is 66.7 Å². The number of carbonyl (C=O) groups excluding carboxylic acids is 2. The SMILES string of the molecule is CCOc1cc(/C=C2/SC(=O)N(Cc3cccc4ccccc34)C2=O)ccc1OCc1ccccc1C#N. The molecule has 1 fully saturated rings. The molecule has 0 radical (unpaired) electrons. The summed E-state index contributed by atoms with van der Waals surface area (Å²) in [6.07, 6.45) is 1.70. The lowest BCUT2D eigenvalue weighted by Crippen LogP contribution is -2.27. The maximum Gasteiger partial charge on any atom is 0.293 e. The number of benzene rings is 4. The summed E-state index contributed by atoms with van der Waals surface area (Å²) in [4.78, 5) is 27.6. The third-order valence-corrected chi connectivity index (χ3v) is 7.08. The van der Waals surface area contributed by atoms with Gasteiger partial charge in [0, 0.05) is 5.56 Å². The van der Waals surface area contributed by atoms with E-state index in [9.17, 15) is 14.9 Å². The Morgan fingerprint density at radius 3 is 2.50 bits per heavy atom. The molecular weight excluding hydrogens is 496 g/mol. The standard InChI is InChI=1S/C31H24N2O4S/c1-2-36-28-16-21(14-15-27(28)37-20-25-10-4-3-9-23(25)18-32)17-29-30(34)33(31(35)38-29)19-24-12-7-11-22-8-5-6-13-26(22)24/h3-17H,2,19-20H2,1H3/b29-17+. The molecule has 188 valence electrons. The average Bonchev–Trinajstić information content (AvgIpc) is 3.20. The third kappa shape index (κ3) is 5.26. The number of nitrogens with zero attached hydrogens (tertiary/aromatic N) is 2. The molecule has 1 heterocycles. The van der Waals surface area contributed by atoms with Crippen LogP contribution >= 0.6 is 11.8 Å². The van der Waals surface area contributed by atoms with Crippen LogP contribution in [-0.2, 0) is 17.9 Å². The molecule has 4 aromatic carbocycles. The topological polar surface area (TPSA) is 79.6 Å². The smallest absolute Gasteiger partial charge is 0.293 e. The number of nitriles is 1. The third-order valence-electron chi connectivity index (χ3n) is 6.17. The van der Waals surface area contributed by atoms with Gasteiger partial charge in [0.25, 0.3) is 11.1 Å². The first kappa shape index (κ1) is 25.1. The molecule has 38 heavy (non-hydrogen) atoms. The average molecular weight is 521 g/mol. The summed E-state index contributed by atoms with van der Waals surface area (Å²) in [7, 11) is 0. The first-order valence-corrected chi connectivity index (χ1v) is 13.0. The molecule has 1 saturated heterocycles. The number of hydrogen-bond donors (Lipinski definition) is 0. The molecule has 0 atom stereocenters. The zero-order valence-corrected chi connectivity index (χ0v) is 21.5. The van der Waals surface area contributed by atoms with Crippen LogP contribution in [0.3, 0.4) is 0 Å². The maximum absolute atomic E-state index is 13.2. The van der Waals surface area contributed by atoms with Crippen molar-refractivity contribution >= 4 is 39.8 Å². The van der Waals surface area contributed by atoms with E-state index >= 15 is 0 Å². The minimum Gasteiger partial charge on any atom is -0.490 e. The Hall–Kier alpha value is -4.54. The van der Waals surface area contributed by atoms with E-state index in [0.29, 0.717) is 34.1 Å². The van der Waals surface area contributed by atoms with Gasteiger partial charge < -0.3 is 9.47 Å². The van der Waals surface area contributed by atoms with Crippen LogP contribution in [0, 0.1) is 11.3 Å². The number of imide groups is 1. The lowest BCUT2D eigenvalue weighted by atomic mass is 10.0. The van der Waals surface area contributed by atoms with E-state index in [4.69, 9.17) is 9.47 Å². The van der Waals surface area contributed by atoms with Crippen LogP contribution in [0.5, 0.6) is 11.5 Å². The molecule has 7 heteroatoms. The van der Waals surface area contributed by atoms with Crippen molar-refractivity contribution in [2.24, 2.45) is 0 Å². The van der Waals surface area contributed by atoms with Gasteiger partial charge in [0.05, 0.1) is 29.7 Å². The van der Waals surface area contributed by atoms with Gasteiger partial charge in [0.15, 0.2) is 11.5 Å². The maximum atomic E-state index is 13.2. The highest BCUT2D eigenvalue weighted by Gasteiger charge is 2.35. The van der Waals surface area contributed by atoms with Crippen molar-refractivity contribution in [3.63, 3.8) is 0 Å². The molecule has 6 nitrogen and oxygen atoms in total. The molecule has 5 rings (SSSR count). The van der Waals surface area contributed by atoms with Crippen molar-refractivity contribution in [2.45, 2.75) is 20.1 Å². The number of rotatable bonds is 8. The molecule has 1 aliphatic rings. The molecular formula is C31H24N2O4S. The molecule has 2 amide bonds. The van der Waals surface area contributed by atoms with Crippen LogP contribution in [0.2, 0.25) is 0 Å². The Morgan fingerprint density at radius 1 is 0.895 bits per heavy atom. The van der Waals surface area contributed by atoms with E-state index in [2.05, 4.69) is 6.07 Å². The summed E-state index contributed by atoms with van der Waals surface area (Å²) in [5, 5.41) is 11.1. The number of fused-ring (bicyclic) bond motifs is 1. The summed E-state index contributed by atoms with van der Waals surface area (Å²) in [5.41, 5.74) is 2.97. The van der Waals surface area contributed by atoms with Crippen LogP contribution in [0.15, 0.2) is 89.8 Å². The fourth-order valence-corrected chi connectivity index (χ4v) is 5.14. The van der Waals surface area contributed by atoms with E-state index < -0.39 is 0 Å². The Bertz CT molecular complexity index is 1600.